The number of carbonyl (C=O) groups excluding carboxylic acids is 2. The van der Waals surface area contributed by atoms with Crippen LogP contribution in [0, 0.1) is 12.7 Å². The molecule has 1 aliphatic heterocycles. The molecule has 1 fully saturated rings. The van der Waals surface area contributed by atoms with E-state index in [-0.39, 0.29) is 17.0 Å². The highest BCUT2D eigenvalue weighted by atomic mass is 32.2. The summed E-state index contributed by atoms with van der Waals surface area (Å²) in [5.41, 5.74) is 1.39. The Hall–Kier alpha value is -2.94. The number of anilines is 2. The van der Waals surface area contributed by atoms with E-state index in [9.17, 15) is 22.4 Å². The van der Waals surface area contributed by atoms with E-state index < -0.39 is 34.3 Å². The molecule has 28 heavy (non-hydrogen) atoms. The number of hydrogen-bond donors (Lipinski definition) is 1. The highest BCUT2D eigenvalue weighted by Gasteiger charge is 2.28. The molecule has 0 aromatic heterocycles. The Balaban J connectivity index is 1.56. The van der Waals surface area contributed by atoms with Crippen LogP contribution in [0.15, 0.2) is 42.5 Å². The van der Waals surface area contributed by atoms with Gasteiger partial charge in [-0.3, -0.25) is 9.10 Å². The lowest BCUT2D eigenvalue weighted by Crippen LogP contribution is -2.25. The molecule has 9 heteroatoms. The number of benzene rings is 2. The number of esters is 1. The zero-order chi connectivity index (χ0) is 20.3. The Bertz CT molecular complexity index is 1010. The number of sulfonamides is 1. The molecule has 3 rings (SSSR count). The first-order chi connectivity index (χ1) is 13.3. The lowest BCUT2D eigenvalue weighted by molar-refractivity contribution is -0.119. The Morgan fingerprint density at radius 3 is 2.50 bits per heavy atom. The number of halogens is 1. The molecule has 0 radical (unpaired) electrons. The van der Waals surface area contributed by atoms with Gasteiger partial charge in [-0.25, -0.2) is 17.6 Å². The van der Waals surface area contributed by atoms with Crippen LogP contribution < -0.4 is 9.62 Å². The lowest BCUT2D eigenvalue weighted by Gasteiger charge is -2.16. The molecule has 1 saturated heterocycles. The molecule has 0 atom stereocenters. The average Bonchev–Trinajstić information content (AvgIpc) is 3.02. The number of aryl methyl sites for hydroxylation is 1. The topological polar surface area (TPSA) is 92.8 Å². The van der Waals surface area contributed by atoms with Crippen molar-refractivity contribution >= 4 is 33.3 Å². The van der Waals surface area contributed by atoms with Crippen molar-refractivity contribution in [3.63, 3.8) is 0 Å². The van der Waals surface area contributed by atoms with E-state index in [2.05, 4.69) is 5.32 Å². The van der Waals surface area contributed by atoms with Crippen LogP contribution in [0.2, 0.25) is 0 Å². The van der Waals surface area contributed by atoms with Gasteiger partial charge in [0, 0.05) is 12.2 Å². The summed E-state index contributed by atoms with van der Waals surface area (Å²) in [6, 6.07) is 10.2. The number of nitrogens with one attached hydrogen (secondary N) is 1. The molecule has 2 aromatic carbocycles. The van der Waals surface area contributed by atoms with Crippen molar-refractivity contribution in [3.8, 4) is 0 Å². The summed E-state index contributed by atoms with van der Waals surface area (Å²) in [4.78, 5) is 23.9. The van der Waals surface area contributed by atoms with E-state index in [0.29, 0.717) is 24.2 Å². The highest BCUT2D eigenvalue weighted by molar-refractivity contribution is 7.93. The first-order valence-electron chi connectivity index (χ1n) is 8.60. The molecule has 1 heterocycles. The minimum absolute atomic E-state index is 0.108. The second kappa shape index (κ2) is 7.97. The van der Waals surface area contributed by atoms with Crippen LogP contribution in [0.4, 0.5) is 15.8 Å². The van der Waals surface area contributed by atoms with Gasteiger partial charge in [0.25, 0.3) is 5.91 Å². The van der Waals surface area contributed by atoms with Crippen LogP contribution in [0.25, 0.3) is 0 Å². The Labute approximate surface area is 162 Å². The van der Waals surface area contributed by atoms with Gasteiger partial charge < -0.3 is 10.1 Å². The van der Waals surface area contributed by atoms with Crippen LogP contribution in [-0.4, -0.2) is 39.2 Å². The fraction of sp³-hybridized carbons (Fsp3) is 0.263. The minimum atomic E-state index is -3.29. The standard InChI is InChI=1S/C19H19FN2O5S/c1-13-3-6-15(11-17(13)20)21-18(23)12-27-19(24)14-4-7-16(8-5-14)22-9-2-10-28(22,25)26/h3-8,11H,2,9-10,12H2,1H3,(H,21,23). The molecule has 0 aliphatic carbocycles. The zero-order valence-electron chi connectivity index (χ0n) is 15.1. The largest absolute Gasteiger partial charge is 0.452 e. The number of nitrogens with zero attached hydrogens (tertiary/aromatic N) is 1. The first kappa shape index (κ1) is 19.8. The van der Waals surface area contributed by atoms with Gasteiger partial charge in [-0.1, -0.05) is 6.07 Å². The van der Waals surface area contributed by atoms with Gasteiger partial charge in [0.05, 0.1) is 17.0 Å². The van der Waals surface area contributed by atoms with Gasteiger partial charge in [0.2, 0.25) is 10.0 Å². The van der Waals surface area contributed by atoms with Gasteiger partial charge in [-0.2, -0.15) is 0 Å². The fourth-order valence-electron chi connectivity index (χ4n) is 2.78. The smallest absolute Gasteiger partial charge is 0.338 e. The molecule has 1 aliphatic rings. The number of hydrogen-bond acceptors (Lipinski definition) is 5. The molecule has 2 aromatic rings. The number of rotatable bonds is 5. The summed E-state index contributed by atoms with van der Waals surface area (Å²) in [7, 11) is -3.29. The maximum absolute atomic E-state index is 13.5. The Morgan fingerprint density at radius 1 is 1.18 bits per heavy atom. The van der Waals surface area contributed by atoms with Crippen molar-refractivity contribution in [1.29, 1.82) is 0 Å². The van der Waals surface area contributed by atoms with E-state index in [0.717, 1.165) is 0 Å². The third-order valence-corrected chi connectivity index (χ3v) is 6.15. The predicted molar refractivity (Wildman–Crippen MR) is 102 cm³/mol. The highest BCUT2D eigenvalue weighted by Crippen LogP contribution is 2.24. The molecule has 148 valence electrons. The molecule has 1 N–H and O–H groups in total. The molecule has 0 saturated carbocycles. The van der Waals surface area contributed by atoms with E-state index in [1.165, 1.54) is 40.7 Å². The second-order valence-electron chi connectivity index (χ2n) is 6.38. The zero-order valence-corrected chi connectivity index (χ0v) is 16.0. The fourth-order valence-corrected chi connectivity index (χ4v) is 4.34. The molecule has 7 nitrogen and oxygen atoms in total. The normalized spacial score (nSPS) is 15.3. The second-order valence-corrected chi connectivity index (χ2v) is 8.39. The Morgan fingerprint density at radius 2 is 1.89 bits per heavy atom. The summed E-state index contributed by atoms with van der Waals surface area (Å²) in [6.07, 6.45) is 0.562. The van der Waals surface area contributed by atoms with Crippen molar-refractivity contribution in [2.45, 2.75) is 13.3 Å². The minimum Gasteiger partial charge on any atom is -0.452 e. The molecular weight excluding hydrogens is 387 g/mol. The van der Waals surface area contributed by atoms with Crippen LogP contribution in [0.1, 0.15) is 22.3 Å². The molecule has 0 bridgehead atoms. The summed E-state index contributed by atoms with van der Waals surface area (Å²) in [5.74, 6) is -1.66. The van der Waals surface area contributed by atoms with Gasteiger partial charge in [-0.15, -0.1) is 0 Å². The summed E-state index contributed by atoms with van der Waals surface area (Å²) >= 11 is 0. The van der Waals surface area contributed by atoms with Crippen molar-refractivity contribution in [2.75, 3.05) is 28.5 Å². The SMILES string of the molecule is Cc1ccc(NC(=O)COC(=O)c2ccc(N3CCCS3(=O)=O)cc2)cc1F. The first-order valence-corrected chi connectivity index (χ1v) is 10.2. The maximum atomic E-state index is 13.5. The van der Waals surface area contributed by atoms with Gasteiger partial charge in [-0.05, 0) is 55.3 Å². The van der Waals surface area contributed by atoms with Crippen LogP contribution >= 0.6 is 0 Å². The van der Waals surface area contributed by atoms with E-state index in [1.54, 1.807) is 13.0 Å². The summed E-state index contributed by atoms with van der Waals surface area (Å²) < 4.78 is 43.6. The molecule has 0 unspecified atom stereocenters. The molecular formula is C19H19FN2O5S. The summed E-state index contributed by atoms with van der Waals surface area (Å²) in [6.45, 7) is 1.48. The van der Waals surface area contributed by atoms with Crippen LogP contribution in [0.5, 0.6) is 0 Å². The third kappa shape index (κ3) is 4.48. The van der Waals surface area contributed by atoms with Crippen LogP contribution in [0.3, 0.4) is 0 Å². The van der Waals surface area contributed by atoms with E-state index in [1.807, 2.05) is 0 Å². The number of carbonyl (C=O) groups is 2. The van der Waals surface area contributed by atoms with Crippen LogP contribution in [-0.2, 0) is 19.6 Å². The van der Waals surface area contributed by atoms with Crippen molar-refractivity contribution in [1.82, 2.24) is 0 Å². The average molecular weight is 406 g/mol. The molecule has 1 amide bonds. The number of amides is 1. The van der Waals surface area contributed by atoms with E-state index in [4.69, 9.17) is 4.74 Å². The Kier molecular flexibility index (Phi) is 5.64. The van der Waals surface area contributed by atoms with Gasteiger partial charge in [0.15, 0.2) is 6.61 Å². The molecule has 0 spiro atoms. The van der Waals surface area contributed by atoms with Gasteiger partial charge >= 0.3 is 5.97 Å². The van der Waals surface area contributed by atoms with E-state index >= 15 is 0 Å². The van der Waals surface area contributed by atoms with Crippen molar-refractivity contribution in [2.24, 2.45) is 0 Å². The van der Waals surface area contributed by atoms with Crippen molar-refractivity contribution < 1.29 is 27.1 Å². The lowest BCUT2D eigenvalue weighted by atomic mass is 10.2. The predicted octanol–water partition coefficient (Wildman–Crippen LogP) is 2.47. The maximum Gasteiger partial charge on any atom is 0.338 e. The quantitative estimate of drug-likeness (QED) is 0.770. The van der Waals surface area contributed by atoms with Crippen molar-refractivity contribution in [3.05, 3.63) is 59.4 Å². The third-order valence-electron chi connectivity index (χ3n) is 4.28. The monoisotopic (exact) mass is 406 g/mol. The van der Waals surface area contributed by atoms with Gasteiger partial charge in [0.1, 0.15) is 5.82 Å². The number of ether oxygens (including phenoxy) is 1. The summed E-state index contributed by atoms with van der Waals surface area (Å²) in [5, 5.41) is 2.44.